The summed E-state index contributed by atoms with van der Waals surface area (Å²) in [6.45, 7) is 0. The van der Waals surface area contributed by atoms with Gasteiger partial charge in [0, 0.05) is 10.9 Å². The molecule has 0 radical (unpaired) electrons. The monoisotopic (exact) mass is 236 g/mol. The lowest BCUT2D eigenvalue weighted by Crippen LogP contribution is -2.08. The van der Waals surface area contributed by atoms with E-state index in [0.717, 1.165) is 30.4 Å². The molecule has 1 heterocycles. The second-order valence-electron chi connectivity index (χ2n) is 4.84. The van der Waals surface area contributed by atoms with E-state index in [0.29, 0.717) is 5.39 Å². The number of hydrogen-bond acceptors (Lipinski definition) is 2. The maximum Gasteiger partial charge on any atom is 0.344 e. The van der Waals surface area contributed by atoms with E-state index in [9.17, 15) is 4.79 Å². The van der Waals surface area contributed by atoms with Crippen LogP contribution in [0.1, 0.15) is 28.9 Å². The Kier molecular flexibility index (Phi) is 1.90. The van der Waals surface area contributed by atoms with Crippen molar-refractivity contribution in [3.8, 4) is 0 Å². The van der Waals surface area contributed by atoms with Crippen LogP contribution in [-0.4, -0.2) is 0 Å². The minimum absolute atomic E-state index is 0.224. The van der Waals surface area contributed by atoms with Gasteiger partial charge in [-0.05, 0) is 42.5 Å². The molecule has 0 saturated heterocycles. The predicted octanol–water partition coefficient (Wildman–Crippen LogP) is 3.32. The second-order valence-corrected chi connectivity index (χ2v) is 4.84. The molecule has 2 aliphatic rings. The third-order valence-electron chi connectivity index (χ3n) is 3.81. The molecule has 88 valence electrons. The van der Waals surface area contributed by atoms with Crippen LogP contribution in [0.4, 0.5) is 0 Å². The molecule has 0 atom stereocenters. The number of hydrogen-bond donors (Lipinski definition) is 0. The zero-order valence-corrected chi connectivity index (χ0v) is 9.90. The fraction of sp³-hybridized carbons (Fsp3) is 0.188. The van der Waals surface area contributed by atoms with Gasteiger partial charge in [0.15, 0.2) is 0 Å². The van der Waals surface area contributed by atoms with Crippen LogP contribution in [0.2, 0.25) is 0 Å². The van der Waals surface area contributed by atoms with Crippen LogP contribution in [0.25, 0.3) is 22.9 Å². The first-order chi connectivity index (χ1) is 8.84. The Bertz CT molecular complexity index is 776. The lowest BCUT2D eigenvalue weighted by Gasteiger charge is -2.14. The molecule has 0 fully saturated rings. The Morgan fingerprint density at radius 1 is 1.11 bits per heavy atom. The average molecular weight is 236 g/mol. The van der Waals surface area contributed by atoms with Gasteiger partial charge in [-0.1, -0.05) is 24.3 Å². The molecule has 1 aromatic carbocycles. The van der Waals surface area contributed by atoms with Crippen LogP contribution < -0.4 is 5.63 Å². The van der Waals surface area contributed by atoms with E-state index in [1.165, 1.54) is 16.7 Å². The predicted molar refractivity (Wildman–Crippen MR) is 72.6 cm³/mol. The van der Waals surface area contributed by atoms with E-state index in [-0.39, 0.29) is 5.63 Å². The van der Waals surface area contributed by atoms with Gasteiger partial charge in [0.1, 0.15) is 5.76 Å². The molecule has 2 aliphatic carbocycles. The Labute approximate surface area is 104 Å². The Morgan fingerprint density at radius 2 is 2.06 bits per heavy atom. The first-order valence-electron chi connectivity index (χ1n) is 6.29. The standard InChI is InChI=1S/C16H12O2/c17-16-13-9-8-10-4-3-6-11(10)15(13)12-5-1-2-7-14(12)18-16/h2-3,6-9H,1,4-5H2. The van der Waals surface area contributed by atoms with E-state index >= 15 is 0 Å². The molecule has 0 bridgehead atoms. The molecule has 2 nitrogen and oxygen atoms in total. The SMILES string of the molecule is O=c1oc2c(c3c4c(ccc13)CC=C4)CCC=C2. The second kappa shape index (κ2) is 3.45. The fourth-order valence-electron chi connectivity index (χ4n) is 2.97. The Morgan fingerprint density at radius 3 is 3.00 bits per heavy atom. The third kappa shape index (κ3) is 1.20. The molecule has 2 heteroatoms. The zero-order chi connectivity index (χ0) is 12.1. The van der Waals surface area contributed by atoms with Crippen molar-refractivity contribution in [1.82, 2.24) is 0 Å². The summed E-state index contributed by atoms with van der Waals surface area (Å²) in [5.41, 5.74) is 3.49. The summed E-state index contributed by atoms with van der Waals surface area (Å²) in [6, 6.07) is 3.95. The summed E-state index contributed by atoms with van der Waals surface area (Å²) < 4.78 is 5.41. The molecule has 0 N–H and O–H groups in total. The van der Waals surface area contributed by atoms with Crippen molar-refractivity contribution in [2.75, 3.05) is 0 Å². The number of benzene rings is 1. The Hall–Kier alpha value is -2.09. The fourth-order valence-corrected chi connectivity index (χ4v) is 2.97. The van der Waals surface area contributed by atoms with Crippen molar-refractivity contribution in [3.63, 3.8) is 0 Å². The van der Waals surface area contributed by atoms with Crippen molar-refractivity contribution >= 4 is 22.9 Å². The van der Waals surface area contributed by atoms with Crippen molar-refractivity contribution in [1.29, 1.82) is 0 Å². The summed E-state index contributed by atoms with van der Waals surface area (Å²) in [5.74, 6) is 0.743. The van der Waals surface area contributed by atoms with Crippen molar-refractivity contribution in [3.05, 3.63) is 57.2 Å². The lowest BCUT2D eigenvalue weighted by molar-refractivity contribution is 0.501. The first kappa shape index (κ1) is 9.89. The first-order valence-corrected chi connectivity index (χ1v) is 6.29. The van der Waals surface area contributed by atoms with Crippen molar-refractivity contribution in [2.24, 2.45) is 0 Å². The zero-order valence-electron chi connectivity index (χ0n) is 9.90. The van der Waals surface area contributed by atoms with E-state index in [4.69, 9.17) is 4.42 Å². The number of allylic oxidation sites excluding steroid dienone is 2. The molecule has 0 amide bonds. The molecule has 0 aliphatic heterocycles. The maximum absolute atomic E-state index is 12.0. The number of aryl methyl sites for hydroxylation is 1. The summed E-state index contributed by atoms with van der Waals surface area (Å²) in [4.78, 5) is 12.0. The van der Waals surface area contributed by atoms with Crippen LogP contribution in [0.3, 0.4) is 0 Å². The lowest BCUT2D eigenvalue weighted by atomic mass is 9.93. The highest BCUT2D eigenvalue weighted by Crippen LogP contribution is 2.33. The van der Waals surface area contributed by atoms with Gasteiger partial charge in [0.25, 0.3) is 0 Å². The minimum Gasteiger partial charge on any atom is -0.423 e. The van der Waals surface area contributed by atoms with Gasteiger partial charge < -0.3 is 4.42 Å². The van der Waals surface area contributed by atoms with Crippen LogP contribution in [0.15, 0.2) is 33.5 Å². The highest BCUT2D eigenvalue weighted by molar-refractivity contribution is 5.96. The quantitative estimate of drug-likeness (QED) is 0.702. The minimum atomic E-state index is -0.224. The third-order valence-corrected chi connectivity index (χ3v) is 3.81. The van der Waals surface area contributed by atoms with Crippen molar-refractivity contribution < 1.29 is 4.42 Å². The summed E-state index contributed by atoms with van der Waals surface area (Å²) in [7, 11) is 0. The van der Waals surface area contributed by atoms with E-state index in [2.05, 4.69) is 18.2 Å². The molecule has 2 aromatic rings. The number of rotatable bonds is 0. The normalized spacial score (nSPS) is 16.0. The molecule has 0 spiro atoms. The topological polar surface area (TPSA) is 30.2 Å². The van der Waals surface area contributed by atoms with Crippen LogP contribution in [0, 0.1) is 0 Å². The number of fused-ring (bicyclic) bond motifs is 5. The van der Waals surface area contributed by atoms with Gasteiger partial charge in [-0.25, -0.2) is 4.79 Å². The van der Waals surface area contributed by atoms with Crippen LogP contribution in [0.5, 0.6) is 0 Å². The largest absolute Gasteiger partial charge is 0.423 e. The summed E-state index contributed by atoms with van der Waals surface area (Å²) in [5, 5.41) is 1.83. The van der Waals surface area contributed by atoms with Gasteiger partial charge in [-0.15, -0.1) is 0 Å². The van der Waals surface area contributed by atoms with E-state index in [1.807, 2.05) is 18.2 Å². The summed E-state index contributed by atoms with van der Waals surface area (Å²) in [6.07, 6.45) is 11.2. The van der Waals surface area contributed by atoms with E-state index < -0.39 is 0 Å². The molecular weight excluding hydrogens is 224 g/mol. The van der Waals surface area contributed by atoms with Gasteiger partial charge in [0.2, 0.25) is 0 Å². The maximum atomic E-state index is 12.0. The average Bonchev–Trinajstić information content (AvgIpc) is 2.86. The van der Waals surface area contributed by atoms with Gasteiger partial charge >= 0.3 is 5.63 Å². The molecule has 0 saturated carbocycles. The van der Waals surface area contributed by atoms with Gasteiger partial charge in [-0.2, -0.15) is 0 Å². The van der Waals surface area contributed by atoms with E-state index in [1.54, 1.807) is 0 Å². The molecule has 4 rings (SSSR count). The van der Waals surface area contributed by atoms with Crippen molar-refractivity contribution in [2.45, 2.75) is 19.3 Å². The summed E-state index contributed by atoms with van der Waals surface area (Å²) >= 11 is 0. The smallest absolute Gasteiger partial charge is 0.344 e. The van der Waals surface area contributed by atoms with Crippen LogP contribution >= 0.6 is 0 Å². The highest BCUT2D eigenvalue weighted by atomic mass is 16.4. The highest BCUT2D eigenvalue weighted by Gasteiger charge is 2.19. The molecular formula is C16H12O2. The van der Waals surface area contributed by atoms with Gasteiger partial charge in [-0.3, -0.25) is 0 Å². The molecule has 18 heavy (non-hydrogen) atoms. The van der Waals surface area contributed by atoms with Crippen LogP contribution in [-0.2, 0) is 12.8 Å². The molecule has 0 unspecified atom stereocenters. The van der Waals surface area contributed by atoms with Gasteiger partial charge in [0.05, 0.1) is 5.39 Å². The Balaban J connectivity index is 2.25. The molecule has 1 aromatic heterocycles.